The van der Waals surface area contributed by atoms with Crippen LogP contribution in [0.4, 0.5) is 10.5 Å². The fourth-order valence-corrected chi connectivity index (χ4v) is 4.17. The van der Waals surface area contributed by atoms with Gasteiger partial charge in [0, 0.05) is 34.9 Å². The van der Waals surface area contributed by atoms with Gasteiger partial charge in [-0.1, -0.05) is 17.7 Å². The number of rotatable bonds is 2. The molecule has 2 amide bonds. The van der Waals surface area contributed by atoms with E-state index in [0.29, 0.717) is 23.8 Å². The summed E-state index contributed by atoms with van der Waals surface area (Å²) in [5.74, 6) is 0. The van der Waals surface area contributed by atoms with Crippen molar-refractivity contribution in [2.24, 2.45) is 0 Å². The molecule has 0 aliphatic carbocycles. The average molecular weight is 373 g/mol. The molecule has 1 aromatic carbocycles. The van der Waals surface area contributed by atoms with Crippen LogP contribution in [0.3, 0.4) is 0 Å². The highest BCUT2D eigenvalue weighted by molar-refractivity contribution is 7.13. The molecule has 7 heteroatoms. The number of hydrogen-bond donors (Lipinski definition) is 2. The summed E-state index contributed by atoms with van der Waals surface area (Å²) in [4.78, 5) is 15.6. The molecular formula is C18H17ClN4OS. The maximum atomic E-state index is 12.6. The molecule has 1 aliphatic rings. The summed E-state index contributed by atoms with van der Waals surface area (Å²) < 4.78 is 0. The molecule has 3 heterocycles. The van der Waals surface area contributed by atoms with Crippen molar-refractivity contribution >= 4 is 34.7 Å². The Morgan fingerprint density at radius 2 is 2.28 bits per heavy atom. The minimum Gasteiger partial charge on any atom is -0.320 e. The number of urea groups is 1. The van der Waals surface area contributed by atoms with Gasteiger partial charge in [-0.25, -0.2) is 4.79 Å². The SMILES string of the molecule is Cc1ccsc1-c1n[nH]c2c1CN(C(=O)Nc1cccc(Cl)c1)CC2. The van der Waals surface area contributed by atoms with E-state index in [1.165, 1.54) is 5.56 Å². The van der Waals surface area contributed by atoms with Gasteiger partial charge in [0.1, 0.15) is 5.69 Å². The number of H-pyrrole nitrogens is 1. The number of anilines is 1. The van der Waals surface area contributed by atoms with Gasteiger partial charge in [-0.2, -0.15) is 5.10 Å². The van der Waals surface area contributed by atoms with E-state index in [1.54, 1.807) is 23.5 Å². The normalized spacial score (nSPS) is 13.6. The molecule has 0 saturated carbocycles. The second kappa shape index (κ2) is 6.54. The Kier molecular flexibility index (Phi) is 4.23. The molecule has 0 atom stereocenters. The van der Waals surface area contributed by atoms with Gasteiger partial charge in [0.15, 0.2) is 0 Å². The van der Waals surface area contributed by atoms with Gasteiger partial charge in [-0.15, -0.1) is 11.3 Å². The number of amides is 2. The number of hydrogen-bond acceptors (Lipinski definition) is 3. The van der Waals surface area contributed by atoms with Crippen LogP contribution < -0.4 is 5.32 Å². The van der Waals surface area contributed by atoms with Crippen molar-refractivity contribution < 1.29 is 4.79 Å². The molecule has 0 spiro atoms. The van der Waals surface area contributed by atoms with Crippen molar-refractivity contribution in [2.45, 2.75) is 19.9 Å². The molecule has 2 aromatic heterocycles. The number of aryl methyl sites for hydroxylation is 1. The molecule has 128 valence electrons. The summed E-state index contributed by atoms with van der Waals surface area (Å²) in [6, 6.07) is 9.15. The lowest BCUT2D eigenvalue weighted by Crippen LogP contribution is -2.38. The molecule has 5 nitrogen and oxygen atoms in total. The minimum atomic E-state index is -0.122. The van der Waals surface area contributed by atoms with Crippen molar-refractivity contribution in [3.8, 4) is 10.6 Å². The average Bonchev–Trinajstić information content (AvgIpc) is 3.19. The number of aromatic nitrogens is 2. The highest BCUT2D eigenvalue weighted by Crippen LogP contribution is 2.34. The van der Waals surface area contributed by atoms with E-state index in [1.807, 2.05) is 17.0 Å². The van der Waals surface area contributed by atoms with Gasteiger partial charge in [0.05, 0.1) is 11.4 Å². The molecule has 0 saturated heterocycles. The number of thiophene rings is 1. The zero-order chi connectivity index (χ0) is 17.4. The standard InChI is InChI=1S/C18H17ClN4OS/c1-11-6-8-25-17(11)16-14-10-23(7-5-15(14)21-22-16)18(24)20-13-4-2-3-12(19)9-13/h2-4,6,8-9H,5,7,10H2,1H3,(H,20,24)(H,21,22). The molecule has 2 N–H and O–H groups in total. The number of carbonyl (C=O) groups is 1. The second-order valence-electron chi connectivity index (χ2n) is 6.07. The molecular weight excluding hydrogens is 356 g/mol. The third kappa shape index (κ3) is 3.15. The molecule has 1 aliphatic heterocycles. The lowest BCUT2D eigenvalue weighted by Gasteiger charge is -2.27. The van der Waals surface area contributed by atoms with Crippen LogP contribution in [0.2, 0.25) is 5.02 Å². The number of fused-ring (bicyclic) bond motifs is 1. The number of aromatic amines is 1. The van der Waals surface area contributed by atoms with E-state index >= 15 is 0 Å². The lowest BCUT2D eigenvalue weighted by atomic mass is 10.0. The third-order valence-electron chi connectivity index (χ3n) is 4.37. The Morgan fingerprint density at radius 1 is 1.40 bits per heavy atom. The zero-order valence-corrected chi connectivity index (χ0v) is 15.2. The summed E-state index contributed by atoms with van der Waals surface area (Å²) in [7, 11) is 0. The van der Waals surface area contributed by atoms with E-state index in [2.05, 4.69) is 33.9 Å². The monoisotopic (exact) mass is 372 g/mol. The minimum absolute atomic E-state index is 0.122. The molecule has 0 unspecified atom stereocenters. The van der Waals surface area contributed by atoms with Crippen LogP contribution in [0, 0.1) is 6.92 Å². The summed E-state index contributed by atoms with van der Waals surface area (Å²) in [6.07, 6.45) is 0.774. The number of nitrogens with one attached hydrogen (secondary N) is 2. The predicted octanol–water partition coefficient (Wildman–Crippen LogP) is 4.69. The van der Waals surface area contributed by atoms with E-state index < -0.39 is 0 Å². The number of benzene rings is 1. The quantitative estimate of drug-likeness (QED) is 0.685. The lowest BCUT2D eigenvalue weighted by molar-refractivity contribution is 0.206. The summed E-state index contributed by atoms with van der Waals surface area (Å²) >= 11 is 7.66. The fraction of sp³-hybridized carbons (Fsp3) is 0.222. The first kappa shape index (κ1) is 16.2. The van der Waals surface area contributed by atoms with Crippen LogP contribution >= 0.6 is 22.9 Å². The van der Waals surface area contributed by atoms with Gasteiger partial charge in [0.2, 0.25) is 0 Å². The highest BCUT2D eigenvalue weighted by Gasteiger charge is 2.26. The Hall–Kier alpha value is -2.31. The van der Waals surface area contributed by atoms with E-state index in [9.17, 15) is 4.79 Å². The topological polar surface area (TPSA) is 61.0 Å². The first-order chi connectivity index (χ1) is 12.1. The van der Waals surface area contributed by atoms with E-state index in [0.717, 1.165) is 28.2 Å². The van der Waals surface area contributed by atoms with Crippen LogP contribution in [0.1, 0.15) is 16.8 Å². The van der Waals surface area contributed by atoms with Crippen LogP contribution in [0.15, 0.2) is 35.7 Å². The largest absolute Gasteiger partial charge is 0.322 e. The molecule has 25 heavy (non-hydrogen) atoms. The maximum absolute atomic E-state index is 12.6. The van der Waals surface area contributed by atoms with Crippen molar-refractivity contribution in [3.63, 3.8) is 0 Å². The van der Waals surface area contributed by atoms with Crippen molar-refractivity contribution in [3.05, 3.63) is 57.6 Å². The number of carbonyl (C=O) groups excluding carboxylic acids is 1. The molecule has 3 aromatic rings. The van der Waals surface area contributed by atoms with E-state index in [-0.39, 0.29) is 6.03 Å². The number of halogens is 1. The Balaban J connectivity index is 1.55. The maximum Gasteiger partial charge on any atom is 0.322 e. The summed E-state index contributed by atoms with van der Waals surface area (Å²) in [5, 5.41) is 13.2. The Morgan fingerprint density at radius 3 is 3.04 bits per heavy atom. The van der Waals surface area contributed by atoms with Gasteiger partial charge >= 0.3 is 6.03 Å². The second-order valence-corrected chi connectivity index (χ2v) is 7.43. The van der Waals surface area contributed by atoms with Gasteiger partial charge in [0.25, 0.3) is 0 Å². The number of nitrogens with zero attached hydrogens (tertiary/aromatic N) is 2. The first-order valence-corrected chi connectivity index (χ1v) is 9.29. The summed E-state index contributed by atoms with van der Waals surface area (Å²) in [6.45, 7) is 3.29. The van der Waals surface area contributed by atoms with Crippen molar-refractivity contribution in [1.29, 1.82) is 0 Å². The fourth-order valence-electron chi connectivity index (χ4n) is 3.04. The van der Waals surface area contributed by atoms with Crippen molar-refractivity contribution in [1.82, 2.24) is 15.1 Å². The molecule has 0 fully saturated rings. The highest BCUT2D eigenvalue weighted by atomic mass is 35.5. The first-order valence-electron chi connectivity index (χ1n) is 8.04. The molecule has 4 rings (SSSR count). The van der Waals surface area contributed by atoms with Gasteiger partial charge in [-0.05, 0) is 42.1 Å². The Labute approximate surface area is 154 Å². The molecule has 0 radical (unpaired) electrons. The Bertz CT molecular complexity index is 933. The van der Waals surface area contributed by atoms with Gasteiger partial charge in [-0.3, -0.25) is 5.10 Å². The van der Waals surface area contributed by atoms with Crippen LogP contribution in [-0.2, 0) is 13.0 Å². The van der Waals surface area contributed by atoms with Gasteiger partial charge < -0.3 is 10.2 Å². The van der Waals surface area contributed by atoms with Crippen LogP contribution in [0.5, 0.6) is 0 Å². The summed E-state index contributed by atoms with van der Waals surface area (Å²) in [5.41, 5.74) is 5.10. The predicted molar refractivity (Wildman–Crippen MR) is 101 cm³/mol. The smallest absolute Gasteiger partial charge is 0.320 e. The third-order valence-corrected chi connectivity index (χ3v) is 5.63. The molecule has 0 bridgehead atoms. The van der Waals surface area contributed by atoms with Crippen molar-refractivity contribution in [2.75, 3.05) is 11.9 Å². The van der Waals surface area contributed by atoms with Crippen LogP contribution in [0.25, 0.3) is 10.6 Å². The van der Waals surface area contributed by atoms with E-state index in [4.69, 9.17) is 11.6 Å². The van der Waals surface area contributed by atoms with Crippen LogP contribution in [-0.4, -0.2) is 27.7 Å². The zero-order valence-electron chi connectivity index (χ0n) is 13.7.